The highest BCUT2D eigenvalue weighted by Gasteiger charge is 2.12. The van der Waals surface area contributed by atoms with E-state index in [1.807, 2.05) is 0 Å². The van der Waals surface area contributed by atoms with Crippen molar-refractivity contribution in [3.63, 3.8) is 0 Å². The van der Waals surface area contributed by atoms with Crippen LogP contribution in [-0.2, 0) is 11.2 Å². The third-order valence-corrected chi connectivity index (χ3v) is 2.18. The lowest BCUT2D eigenvalue weighted by atomic mass is 10.1. The van der Waals surface area contributed by atoms with Crippen LogP contribution in [0.5, 0.6) is 5.75 Å². The topological polar surface area (TPSA) is 46.5 Å². The molecule has 15 heavy (non-hydrogen) atoms. The van der Waals surface area contributed by atoms with Gasteiger partial charge in [-0.2, -0.15) is 0 Å². The summed E-state index contributed by atoms with van der Waals surface area (Å²) >= 11 is 0. The molecule has 0 amide bonds. The summed E-state index contributed by atoms with van der Waals surface area (Å²) in [5.74, 6) is -1.17. The monoisotopic (exact) mass is 212 g/mol. The Kier molecular flexibility index (Phi) is 3.66. The van der Waals surface area contributed by atoms with Crippen molar-refractivity contribution in [1.29, 1.82) is 0 Å². The van der Waals surface area contributed by atoms with E-state index in [1.165, 1.54) is 7.11 Å². The first-order valence-electron chi connectivity index (χ1n) is 4.60. The molecule has 82 valence electrons. The van der Waals surface area contributed by atoms with Gasteiger partial charge in [0.15, 0.2) is 11.6 Å². The molecular formula is C11H13FO3. The minimum Gasteiger partial charge on any atom is -0.493 e. The molecule has 0 aliphatic rings. The molecule has 1 rings (SSSR count). The van der Waals surface area contributed by atoms with Crippen molar-refractivity contribution in [2.45, 2.75) is 19.8 Å². The number of carbonyl (C=O) groups is 1. The van der Waals surface area contributed by atoms with E-state index in [0.717, 1.165) is 0 Å². The Bertz CT molecular complexity index is 374. The summed E-state index contributed by atoms with van der Waals surface area (Å²) in [6.07, 6.45) is 0.245. The molecule has 0 unspecified atom stereocenters. The average molecular weight is 212 g/mol. The molecule has 0 aliphatic carbocycles. The van der Waals surface area contributed by atoms with Gasteiger partial charge in [0.25, 0.3) is 0 Å². The number of aryl methyl sites for hydroxylation is 2. The van der Waals surface area contributed by atoms with Crippen LogP contribution >= 0.6 is 0 Å². The lowest BCUT2D eigenvalue weighted by molar-refractivity contribution is -0.136. The van der Waals surface area contributed by atoms with Gasteiger partial charge >= 0.3 is 5.97 Å². The maximum absolute atomic E-state index is 13.5. The fourth-order valence-electron chi connectivity index (χ4n) is 1.35. The largest absolute Gasteiger partial charge is 0.493 e. The van der Waals surface area contributed by atoms with E-state index in [9.17, 15) is 9.18 Å². The Morgan fingerprint density at radius 2 is 2.20 bits per heavy atom. The van der Waals surface area contributed by atoms with Crippen LogP contribution in [0.15, 0.2) is 12.1 Å². The van der Waals surface area contributed by atoms with Crippen molar-refractivity contribution in [3.05, 3.63) is 29.1 Å². The molecule has 0 saturated heterocycles. The van der Waals surface area contributed by atoms with E-state index in [4.69, 9.17) is 9.84 Å². The maximum Gasteiger partial charge on any atom is 0.303 e. The molecule has 0 spiro atoms. The highest BCUT2D eigenvalue weighted by molar-refractivity contribution is 5.67. The molecule has 0 radical (unpaired) electrons. The molecule has 0 atom stereocenters. The zero-order chi connectivity index (χ0) is 11.4. The Morgan fingerprint density at radius 1 is 1.53 bits per heavy atom. The zero-order valence-electron chi connectivity index (χ0n) is 8.71. The number of methoxy groups -OCH3 is 1. The van der Waals surface area contributed by atoms with E-state index >= 15 is 0 Å². The van der Waals surface area contributed by atoms with Gasteiger partial charge in [-0.1, -0.05) is 12.1 Å². The summed E-state index contributed by atoms with van der Waals surface area (Å²) in [4.78, 5) is 10.4. The number of hydrogen-bond acceptors (Lipinski definition) is 2. The van der Waals surface area contributed by atoms with E-state index in [1.54, 1.807) is 19.1 Å². The number of aliphatic carboxylic acids is 1. The van der Waals surface area contributed by atoms with Gasteiger partial charge < -0.3 is 9.84 Å². The number of benzene rings is 1. The van der Waals surface area contributed by atoms with Crippen LogP contribution in [0.3, 0.4) is 0 Å². The van der Waals surface area contributed by atoms with Crippen LogP contribution in [0.4, 0.5) is 4.39 Å². The second-order valence-corrected chi connectivity index (χ2v) is 3.28. The van der Waals surface area contributed by atoms with Crippen LogP contribution in [0.25, 0.3) is 0 Å². The van der Waals surface area contributed by atoms with Crippen molar-refractivity contribution < 1.29 is 19.0 Å². The number of ether oxygens (including phenoxy) is 1. The zero-order valence-corrected chi connectivity index (χ0v) is 8.71. The third kappa shape index (κ3) is 2.68. The highest BCUT2D eigenvalue weighted by Crippen LogP contribution is 2.26. The molecule has 1 aromatic rings. The molecular weight excluding hydrogens is 199 g/mol. The number of halogens is 1. The normalized spacial score (nSPS) is 10.1. The van der Waals surface area contributed by atoms with Gasteiger partial charge in [-0.25, -0.2) is 4.39 Å². The predicted molar refractivity (Wildman–Crippen MR) is 53.6 cm³/mol. The van der Waals surface area contributed by atoms with Gasteiger partial charge in [0.2, 0.25) is 0 Å². The van der Waals surface area contributed by atoms with Crippen LogP contribution in [0, 0.1) is 12.7 Å². The molecule has 1 aromatic carbocycles. The Labute approximate surface area is 87.5 Å². The summed E-state index contributed by atoms with van der Waals surface area (Å²) in [5, 5.41) is 8.53. The fraction of sp³-hybridized carbons (Fsp3) is 0.364. The summed E-state index contributed by atoms with van der Waals surface area (Å²) in [6, 6.07) is 3.31. The number of rotatable bonds is 4. The van der Waals surface area contributed by atoms with E-state index in [2.05, 4.69) is 0 Å². The van der Waals surface area contributed by atoms with E-state index in [0.29, 0.717) is 11.1 Å². The molecule has 0 saturated carbocycles. The Morgan fingerprint density at radius 3 is 2.73 bits per heavy atom. The molecule has 0 fully saturated rings. The van der Waals surface area contributed by atoms with Crippen molar-refractivity contribution in [2.75, 3.05) is 7.11 Å². The minimum atomic E-state index is -0.905. The number of carboxylic acids is 1. The first-order valence-corrected chi connectivity index (χ1v) is 4.60. The predicted octanol–water partition coefficient (Wildman–Crippen LogP) is 2.16. The Balaban J connectivity index is 2.97. The summed E-state index contributed by atoms with van der Waals surface area (Å²) < 4.78 is 18.4. The van der Waals surface area contributed by atoms with Gasteiger partial charge in [0, 0.05) is 6.42 Å². The first kappa shape index (κ1) is 11.5. The molecule has 0 aromatic heterocycles. The van der Waals surface area contributed by atoms with Crippen molar-refractivity contribution in [2.24, 2.45) is 0 Å². The van der Waals surface area contributed by atoms with Gasteiger partial charge in [-0.05, 0) is 24.5 Å². The smallest absolute Gasteiger partial charge is 0.303 e. The van der Waals surface area contributed by atoms with Crippen LogP contribution in [0.1, 0.15) is 17.5 Å². The van der Waals surface area contributed by atoms with E-state index in [-0.39, 0.29) is 18.6 Å². The lowest BCUT2D eigenvalue weighted by Crippen LogP contribution is -2.01. The van der Waals surface area contributed by atoms with Gasteiger partial charge in [-0.3, -0.25) is 4.79 Å². The third-order valence-electron chi connectivity index (χ3n) is 2.18. The van der Waals surface area contributed by atoms with Crippen LogP contribution in [0.2, 0.25) is 0 Å². The standard InChI is InChI=1S/C11H13FO3/c1-7-3-4-8(5-6-9(13)14)11(15-2)10(7)12/h3-4H,5-6H2,1-2H3,(H,13,14). The molecule has 0 aliphatic heterocycles. The first-order chi connectivity index (χ1) is 7.06. The summed E-state index contributed by atoms with van der Waals surface area (Å²) in [7, 11) is 1.38. The average Bonchev–Trinajstić information content (AvgIpc) is 2.19. The second kappa shape index (κ2) is 4.77. The van der Waals surface area contributed by atoms with Crippen molar-refractivity contribution in [1.82, 2.24) is 0 Å². The van der Waals surface area contributed by atoms with Crippen LogP contribution in [-0.4, -0.2) is 18.2 Å². The number of carboxylic acid groups (broad SMARTS) is 1. The van der Waals surface area contributed by atoms with Gasteiger partial charge in [-0.15, -0.1) is 0 Å². The summed E-state index contributed by atoms with van der Waals surface area (Å²) in [5.41, 5.74) is 1.08. The van der Waals surface area contributed by atoms with Crippen LogP contribution < -0.4 is 4.74 Å². The lowest BCUT2D eigenvalue weighted by Gasteiger charge is -2.10. The quantitative estimate of drug-likeness (QED) is 0.831. The van der Waals surface area contributed by atoms with Gasteiger partial charge in [0.1, 0.15) is 0 Å². The second-order valence-electron chi connectivity index (χ2n) is 3.28. The molecule has 0 bridgehead atoms. The van der Waals surface area contributed by atoms with Crippen molar-refractivity contribution in [3.8, 4) is 5.75 Å². The molecule has 1 N–H and O–H groups in total. The minimum absolute atomic E-state index is 0.0289. The molecule has 3 nitrogen and oxygen atoms in total. The SMILES string of the molecule is COc1c(CCC(=O)O)ccc(C)c1F. The number of hydrogen-bond donors (Lipinski definition) is 1. The fourth-order valence-corrected chi connectivity index (χ4v) is 1.35. The Hall–Kier alpha value is -1.58. The van der Waals surface area contributed by atoms with E-state index < -0.39 is 11.8 Å². The molecule has 4 heteroatoms. The maximum atomic E-state index is 13.5. The highest BCUT2D eigenvalue weighted by atomic mass is 19.1. The van der Waals surface area contributed by atoms with Gasteiger partial charge in [0.05, 0.1) is 7.11 Å². The summed E-state index contributed by atoms with van der Waals surface area (Å²) in [6.45, 7) is 1.64. The molecule has 0 heterocycles. The van der Waals surface area contributed by atoms with Crippen molar-refractivity contribution >= 4 is 5.97 Å².